The molecule has 1 aromatic carbocycles. The van der Waals surface area contributed by atoms with Gasteiger partial charge in [-0.15, -0.1) is 0 Å². The molecule has 0 unspecified atom stereocenters. The highest BCUT2D eigenvalue weighted by atomic mass is 35.5. The standard InChI is InChI=1S/C12H11Cl2NO2/c13-8-2-1-7(9(14)6-8)5-10(16)12(3-4-12)11(15)17/h1-2,6H,3-5H2,(H2,15,17). The summed E-state index contributed by atoms with van der Waals surface area (Å²) in [7, 11) is 0. The fourth-order valence-electron chi connectivity index (χ4n) is 1.79. The van der Waals surface area contributed by atoms with Gasteiger partial charge in [0, 0.05) is 16.5 Å². The van der Waals surface area contributed by atoms with Crippen molar-refractivity contribution in [3.05, 3.63) is 33.8 Å². The van der Waals surface area contributed by atoms with Crippen LogP contribution in [0.3, 0.4) is 0 Å². The molecule has 1 aromatic rings. The molecule has 0 heterocycles. The number of carbonyl (C=O) groups is 2. The molecule has 3 nitrogen and oxygen atoms in total. The molecule has 1 amide bonds. The van der Waals surface area contributed by atoms with E-state index in [0.717, 1.165) is 0 Å². The Kier molecular flexibility index (Phi) is 3.15. The van der Waals surface area contributed by atoms with Crippen molar-refractivity contribution >= 4 is 34.9 Å². The Morgan fingerprint density at radius 3 is 2.41 bits per heavy atom. The Labute approximate surface area is 109 Å². The van der Waals surface area contributed by atoms with Crippen LogP contribution in [-0.2, 0) is 16.0 Å². The summed E-state index contributed by atoms with van der Waals surface area (Å²) in [5.74, 6) is -0.693. The van der Waals surface area contributed by atoms with Gasteiger partial charge in [-0.3, -0.25) is 9.59 Å². The lowest BCUT2D eigenvalue weighted by atomic mass is 9.94. The number of hydrogen-bond acceptors (Lipinski definition) is 2. The molecule has 1 saturated carbocycles. The van der Waals surface area contributed by atoms with E-state index in [1.807, 2.05) is 0 Å². The third kappa shape index (κ3) is 2.31. The number of ketones is 1. The highest BCUT2D eigenvalue weighted by Crippen LogP contribution is 2.47. The third-order valence-corrected chi connectivity index (χ3v) is 3.71. The summed E-state index contributed by atoms with van der Waals surface area (Å²) < 4.78 is 0. The Morgan fingerprint density at radius 1 is 1.29 bits per heavy atom. The highest BCUT2D eigenvalue weighted by molar-refractivity contribution is 6.35. The molecule has 17 heavy (non-hydrogen) atoms. The first-order valence-corrected chi connectivity index (χ1v) is 5.98. The number of nitrogens with two attached hydrogens (primary N) is 1. The summed E-state index contributed by atoms with van der Waals surface area (Å²) in [6.07, 6.45) is 1.22. The molecule has 0 aromatic heterocycles. The van der Waals surface area contributed by atoms with Crippen molar-refractivity contribution in [3.63, 3.8) is 0 Å². The Balaban J connectivity index is 2.17. The van der Waals surface area contributed by atoms with Crippen LogP contribution in [0.1, 0.15) is 18.4 Å². The minimum absolute atomic E-state index is 0.124. The second-order valence-electron chi connectivity index (χ2n) is 4.28. The van der Waals surface area contributed by atoms with E-state index >= 15 is 0 Å². The summed E-state index contributed by atoms with van der Waals surface area (Å²) in [5.41, 5.74) is 4.97. The molecule has 1 aliphatic carbocycles. The molecule has 0 radical (unpaired) electrons. The second-order valence-corrected chi connectivity index (χ2v) is 5.13. The Bertz CT molecular complexity index is 495. The highest BCUT2D eigenvalue weighted by Gasteiger charge is 2.54. The SMILES string of the molecule is NC(=O)C1(C(=O)Cc2ccc(Cl)cc2Cl)CC1. The molecule has 2 N–H and O–H groups in total. The van der Waals surface area contributed by atoms with Crippen molar-refractivity contribution < 1.29 is 9.59 Å². The number of halogens is 2. The second kappa shape index (κ2) is 4.31. The summed E-state index contributed by atoms with van der Waals surface area (Å²) in [4.78, 5) is 23.2. The largest absolute Gasteiger partial charge is 0.369 e. The first kappa shape index (κ1) is 12.4. The van der Waals surface area contributed by atoms with Crippen LogP contribution in [-0.4, -0.2) is 11.7 Å². The molecular formula is C12H11Cl2NO2. The number of primary amides is 1. The van der Waals surface area contributed by atoms with Crippen LogP contribution >= 0.6 is 23.2 Å². The summed E-state index contributed by atoms with van der Waals surface area (Å²) in [6, 6.07) is 4.94. The smallest absolute Gasteiger partial charge is 0.231 e. The van der Waals surface area contributed by atoms with Gasteiger partial charge in [0.05, 0.1) is 0 Å². The van der Waals surface area contributed by atoms with E-state index < -0.39 is 11.3 Å². The molecule has 0 saturated heterocycles. The van der Waals surface area contributed by atoms with E-state index in [-0.39, 0.29) is 12.2 Å². The van der Waals surface area contributed by atoms with Gasteiger partial charge in [-0.25, -0.2) is 0 Å². The van der Waals surface area contributed by atoms with Gasteiger partial charge in [-0.05, 0) is 30.5 Å². The lowest BCUT2D eigenvalue weighted by Crippen LogP contribution is -2.33. The van der Waals surface area contributed by atoms with Gasteiger partial charge in [0.15, 0.2) is 5.78 Å². The average Bonchev–Trinajstić information content (AvgIpc) is 3.02. The lowest BCUT2D eigenvalue weighted by Gasteiger charge is -2.10. The minimum atomic E-state index is -0.942. The van der Waals surface area contributed by atoms with E-state index in [9.17, 15) is 9.59 Å². The third-order valence-electron chi connectivity index (χ3n) is 3.12. The number of hydrogen-bond donors (Lipinski definition) is 1. The molecule has 0 bridgehead atoms. The van der Waals surface area contributed by atoms with Gasteiger partial charge >= 0.3 is 0 Å². The van der Waals surface area contributed by atoms with Crippen LogP contribution in [0.15, 0.2) is 18.2 Å². The number of rotatable bonds is 4. The topological polar surface area (TPSA) is 60.2 Å². The molecule has 5 heteroatoms. The normalized spacial score (nSPS) is 16.6. The predicted molar refractivity (Wildman–Crippen MR) is 66.0 cm³/mol. The van der Waals surface area contributed by atoms with Crippen LogP contribution in [0.5, 0.6) is 0 Å². The quantitative estimate of drug-likeness (QED) is 0.855. The summed E-state index contributed by atoms with van der Waals surface area (Å²) >= 11 is 11.7. The zero-order valence-electron chi connectivity index (χ0n) is 9.00. The summed E-state index contributed by atoms with van der Waals surface area (Å²) in [6.45, 7) is 0. The lowest BCUT2D eigenvalue weighted by molar-refractivity contribution is -0.133. The van der Waals surface area contributed by atoms with Gasteiger partial charge in [0.25, 0.3) is 0 Å². The molecule has 90 valence electrons. The molecule has 2 rings (SSSR count). The van der Waals surface area contributed by atoms with E-state index in [2.05, 4.69) is 0 Å². The maximum absolute atomic E-state index is 12.0. The van der Waals surface area contributed by atoms with Crippen LogP contribution in [0, 0.1) is 5.41 Å². The zero-order valence-corrected chi connectivity index (χ0v) is 10.5. The zero-order chi connectivity index (χ0) is 12.6. The molecule has 0 aliphatic heterocycles. The van der Waals surface area contributed by atoms with Crippen LogP contribution < -0.4 is 5.73 Å². The molecular weight excluding hydrogens is 261 g/mol. The van der Waals surface area contributed by atoms with Gasteiger partial charge in [-0.2, -0.15) is 0 Å². The predicted octanol–water partition coefficient (Wildman–Crippen LogP) is 2.37. The van der Waals surface area contributed by atoms with Gasteiger partial charge in [0.2, 0.25) is 5.91 Å². The maximum atomic E-state index is 12.0. The fraction of sp³-hybridized carbons (Fsp3) is 0.333. The number of Topliss-reactive ketones (excluding diaryl/α,β-unsaturated/α-hetero) is 1. The average molecular weight is 272 g/mol. The van der Waals surface area contributed by atoms with Crippen molar-refractivity contribution in [2.45, 2.75) is 19.3 Å². The fourth-order valence-corrected chi connectivity index (χ4v) is 2.27. The van der Waals surface area contributed by atoms with Crippen LogP contribution in [0.4, 0.5) is 0 Å². The molecule has 1 aliphatic rings. The first-order chi connectivity index (χ1) is 7.95. The summed E-state index contributed by atoms with van der Waals surface area (Å²) in [5, 5.41) is 0.952. The Hall–Kier alpha value is -1.06. The van der Waals surface area contributed by atoms with E-state index in [0.29, 0.717) is 28.5 Å². The maximum Gasteiger partial charge on any atom is 0.231 e. The van der Waals surface area contributed by atoms with Gasteiger partial charge < -0.3 is 5.73 Å². The van der Waals surface area contributed by atoms with Gasteiger partial charge in [0.1, 0.15) is 5.41 Å². The van der Waals surface area contributed by atoms with Crippen LogP contribution in [0.25, 0.3) is 0 Å². The molecule has 1 fully saturated rings. The van der Waals surface area contributed by atoms with E-state index in [1.54, 1.807) is 18.2 Å². The molecule has 0 atom stereocenters. The number of amides is 1. The van der Waals surface area contributed by atoms with Crippen molar-refractivity contribution in [2.24, 2.45) is 11.1 Å². The van der Waals surface area contributed by atoms with Crippen molar-refractivity contribution in [1.29, 1.82) is 0 Å². The monoisotopic (exact) mass is 271 g/mol. The van der Waals surface area contributed by atoms with Crippen molar-refractivity contribution in [2.75, 3.05) is 0 Å². The minimum Gasteiger partial charge on any atom is -0.369 e. The number of carbonyl (C=O) groups excluding carboxylic acids is 2. The van der Waals surface area contributed by atoms with E-state index in [4.69, 9.17) is 28.9 Å². The van der Waals surface area contributed by atoms with Crippen LogP contribution in [0.2, 0.25) is 10.0 Å². The van der Waals surface area contributed by atoms with Gasteiger partial charge in [-0.1, -0.05) is 29.3 Å². The Morgan fingerprint density at radius 2 is 1.94 bits per heavy atom. The van der Waals surface area contributed by atoms with Crippen molar-refractivity contribution in [1.82, 2.24) is 0 Å². The van der Waals surface area contributed by atoms with Crippen molar-refractivity contribution in [3.8, 4) is 0 Å². The first-order valence-electron chi connectivity index (χ1n) is 5.23. The molecule has 0 spiro atoms. The van der Waals surface area contributed by atoms with E-state index in [1.165, 1.54) is 0 Å². The number of benzene rings is 1.